The third kappa shape index (κ3) is 4.50. The minimum absolute atomic E-state index is 0.560. The lowest BCUT2D eigenvalue weighted by molar-refractivity contribution is 0.0998. The number of aromatic nitrogens is 2. The summed E-state index contributed by atoms with van der Waals surface area (Å²) in [5.41, 5.74) is 4.98. The van der Waals surface area contributed by atoms with Crippen LogP contribution >= 0.6 is 0 Å². The average Bonchev–Trinajstić information content (AvgIpc) is 3.12. The van der Waals surface area contributed by atoms with E-state index in [0.29, 0.717) is 6.04 Å². The Morgan fingerprint density at radius 1 is 1.11 bits per heavy atom. The standard InChI is InChI=1S/C23H34N4/c1-5-19(6-2)23-22(20-11-9-8-10-12-20)24-18-27(23)17-21(7-3)26-15-13-25(4)14-16-26/h5,8-12,18,21H,6-7,13-17H2,1-4H3. The molecule has 146 valence electrons. The molecular formula is C23H34N4. The lowest BCUT2D eigenvalue weighted by Crippen LogP contribution is -2.50. The van der Waals surface area contributed by atoms with Crippen LogP contribution in [0.25, 0.3) is 16.8 Å². The smallest absolute Gasteiger partial charge is 0.0959 e. The van der Waals surface area contributed by atoms with Crippen molar-refractivity contribution in [1.29, 1.82) is 0 Å². The molecule has 0 bridgehead atoms. The quantitative estimate of drug-likeness (QED) is 0.726. The minimum Gasteiger partial charge on any atom is -0.329 e. The zero-order chi connectivity index (χ0) is 19.2. The van der Waals surface area contributed by atoms with E-state index in [2.05, 4.69) is 84.9 Å². The summed E-state index contributed by atoms with van der Waals surface area (Å²) in [4.78, 5) is 9.93. The maximum atomic E-state index is 4.84. The van der Waals surface area contributed by atoms with Crippen LogP contribution in [0.15, 0.2) is 42.7 Å². The van der Waals surface area contributed by atoms with E-state index < -0.39 is 0 Å². The molecule has 1 fully saturated rings. The third-order valence-electron chi connectivity index (χ3n) is 5.85. The maximum Gasteiger partial charge on any atom is 0.0959 e. The summed E-state index contributed by atoms with van der Waals surface area (Å²) in [7, 11) is 2.22. The van der Waals surface area contributed by atoms with Crippen molar-refractivity contribution < 1.29 is 0 Å². The van der Waals surface area contributed by atoms with Gasteiger partial charge in [0.15, 0.2) is 0 Å². The van der Waals surface area contributed by atoms with E-state index in [-0.39, 0.29) is 0 Å². The lowest BCUT2D eigenvalue weighted by Gasteiger charge is -2.38. The van der Waals surface area contributed by atoms with E-state index in [4.69, 9.17) is 4.98 Å². The van der Waals surface area contributed by atoms with Gasteiger partial charge in [-0.3, -0.25) is 4.90 Å². The van der Waals surface area contributed by atoms with E-state index in [1.54, 1.807) is 0 Å². The van der Waals surface area contributed by atoms with Crippen molar-refractivity contribution in [2.45, 2.75) is 46.2 Å². The summed E-state index contributed by atoms with van der Waals surface area (Å²) in [5.74, 6) is 0. The Labute approximate surface area is 164 Å². The number of benzene rings is 1. The number of rotatable bonds is 7. The molecule has 1 aliphatic heterocycles. The van der Waals surface area contributed by atoms with Gasteiger partial charge in [-0.1, -0.05) is 50.3 Å². The van der Waals surface area contributed by atoms with Gasteiger partial charge < -0.3 is 9.47 Å². The van der Waals surface area contributed by atoms with Gasteiger partial charge in [-0.05, 0) is 32.4 Å². The molecule has 4 heteroatoms. The molecule has 1 atom stereocenters. The van der Waals surface area contributed by atoms with E-state index in [0.717, 1.165) is 44.8 Å². The van der Waals surface area contributed by atoms with Gasteiger partial charge in [-0.15, -0.1) is 0 Å². The topological polar surface area (TPSA) is 24.3 Å². The van der Waals surface area contributed by atoms with Crippen LogP contribution in [0, 0.1) is 0 Å². The average molecular weight is 367 g/mol. The predicted octanol–water partition coefficient (Wildman–Crippen LogP) is 4.39. The number of likely N-dealkylation sites (N-methyl/N-ethyl adjacent to an activating group) is 1. The molecule has 3 rings (SSSR count). The van der Waals surface area contributed by atoms with Crippen LogP contribution in [0.3, 0.4) is 0 Å². The monoisotopic (exact) mass is 366 g/mol. The van der Waals surface area contributed by atoms with Gasteiger partial charge in [0.2, 0.25) is 0 Å². The highest BCUT2D eigenvalue weighted by Gasteiger charge is 2.24. The van der Waals surface area contributed by atoms with Crippen LogP contribution < -0.4 is 0 Å². The van der Waals surface area contributed by atoms with Crippen molar-refractivity contribution in [1.82, 2.24) is 19.4 Å². The lowest BCUT2D eigenvalue weighted by atomic mass is 10.0. The van der Waals surface area contributed by atoms with Gasteiger partial charge in [-0.2, -0.15) is 0 Å². The molecule has 0 saturated carbocycles. The molecular weight excluding hydrogens is 332 g/mol. The number of hydrogen-bond acceptors (Lipinski definition) is 3. The second kappa shape index (κ2) is 9.34. The molecule has 27 heavy (non-hydrogen) atoms. The third-order valence-corrected chi connectivity index (χ3v) is 5.85. The fourth-order valence-corrected chi connectivity index (χ4v) is 4.09. The summed E-state index contributed by atoms with van der Waals surface area (Å²) < 4.78 is 2.40. The fraction of sp³-hybridized carbons (Fsp3) is 0.522. The Morgan fingerprint density at radius 3 is 2.41 bits per heavy atom. The first kappa shape index (κ1) is 19.8. The molecule has 0 aliphatic carbocycles. The van der Waals surface area contributed by atoms with E-state index in [1.807, 2.05) is 0 Å². The number of hydrogen-bond donors (Lipinski definition) is 0. The zero-order valence-corrected chi connectivity index (χ0v) is 17.4. The Morgan fingerprint density at radius 2 is 1.81 bits per heavy atom. The van der Waals surface area contributed by atoms with Crippen LogP contribution in [0.5, 0.6) is 0 Å². The molecule has 0 spiro atoms. The predicted molar refractivity (Wildman–Crippen MR) is 115 cm³/mol. The second-order valence-electron chi connectivity index (χ2n) is 7.53. The second-order valence-corrected chi connectivity index (χ2v) is 7.53. The van der Waals surface area contributed by atoms with Crippen molar-refractivity contribution in [2.75, 3.05) is 33.2 Å². The molecule has 1 unspecified atom stereocenters. The first-order valence-electron chi connectivity index (χ1n) is 10.4. The summed E-state index contributed by atoms with van der Waals surface area (Å²) in [6.07, 6.45) is 6.49. The van der Waals surface area contributed by atoms with Crippen molar-refractivity contribution in [3.05, 3.63) is 48.4 Å². The molecule has 0 radical (unpaired) electrons. The molecule has 2 heterocycles. The Kier molecular flexibility index (Phi) is 6.86. The highest BCUT2D eigenvalue weighted by molar-refractivity contribution is 5.77. The van der Waals surface area contributed by atoms with Crippen LogP contribution in [-0.2, 0) is 6.54 Å². The van der Waals surface area contributed by atoms with Gasteiger partial charge in [-0.25, -0.2) is 4.98 Å². The molecule has 1 saturated heterocycles. The number of allylic oxidation sites excluding steroid dienone is 2. The van der Waals surface area contributed by atoms with E-state index in [1.165, 1.54) is 23.3 Å². The molecule has 0 N–H and O–H groups in total. The Hall–Kier alpha value is -1.91. The van der Waals surface area contributed by atoms with Gasteiger partial charge in [0, 0.05) is 44.3 Å². The SMILES string of the molecule is CC=C(CC)c1c(-c2ccccc2)ncn1CC(CC)N1CCN(C)CC1. The van der Waals surface area contributed by atoms with Gasteiger partial charge in [0.25, 0.3) is 0 Å². The van der Waals surface area contributed by atoms with Gasteiger partial charge >= 0.3 is 0 Å². The summed E-state index contributed by atoms with van der Waals surface area (Å²) in [6.45, 7) is 12.3. The summed E-state index contributed by atoms with van der Waals surface area (Å²) in [6, 6.07) is 11.1. The van der Waals surface area contributed by atoms with Crippen LogP contribution in [-0.4, -0.2) is 58.6 Å². The normalized spacial score (nSPS) is 18.0. The van der Waals surface area contributed by atoms with Crippen LogP contribution in [0.2, 0.25) is 0 Å². The minimum atomic E-state index is 0.560. The van der Waals surface area contributed by atoms with Crippen LogP contribution in [0.1, 0.15) is 39.3 Å². The summed E-state index contributed by atoms with van der Waals surface area (Å²) >= 11 is 0. The Balaban J connectivity index is 1.91. The first-order valence-corrected chi connectivity index (χ1v) is 10.4. The van der Waals surface area contributed by atoms with Gasteiger partial charge in [0.05, 0.1) is 17.7 Å². The highest BCUT2D eigenvalue weighted by atomic mass is 15.3. The van der Waals surface area contributed by atoms with Crippen LogP contribution in [0.4, 0.5) is 0 Å². The molecule has 4 nitrogen and oxygen atoms in total. The number of piperazine rings is 1. The number of imidazole rings is 1. The highest BCUT2D eigenvalue weighted by Crippen LogP contribution is 2.30. The Bertz CT molecular complexity index is 739. The first-order chi connectivity index (χ1) is 13.2. The fourth-order valence-electron chi connectivity index (χ4n) is 4.09. The molecule has 2 aromatic rings. The maximum absolute atomic E-state index is 4.84. The van der Waals surface area contributed by atoms with Crippen molar-refractivity contribution in [3.8, 4) is 11.3 Å². The zero-order valence-electron chi connectivity index (χ0n) is 17.4. The van der Waals surface area contributed by atoms with E-state index in [9.17, 15) is 0 Å². The number of nitrogens with zero attached hydrogens (tertiary/aromatic N) is 4. The van der Waals surface area contributed by atoms with Crippen molar-refractivity contribution >= 4 is 5.57 Å². The molecule has 0 amide bonds. The molecule has 1 aromatic carbocycles. The van der Waals surface area contributed by atoms with E-state index >= 15 is 0 Å². The largest absolute Gasteiger partial charge is 0.329 e. The molecule has 1 aliphatic rings. The van der Waals surface area contributed by atoms with Crippen molar-refractivity contribution in [2.24, 2.45) is 0 Å². The molecule has 1 aromatic heterocycles. The van der Waals surface area contributed by atoms with Gasteiger partial charge in [0.1, 0.15) is 0 Å². The van der Waals surface area contributed by atoms with Crippen molar-refractivity contribution in [3.63, 3.8) is 0 Å². The summed E-state index contributed by atoms with van der Waals surface area (Å²) in [5, 5.41) is 0.